The third-order valence-electron chi connectivity index (χ3n) is 6.03. The SMILES string of the molecule is CNc1cc(C(=O)OC)ccc1C(=N)c1cc2c(CN3CCC(N)CC3)cccc2[nH]1. The molecule has 0 unspecified atom stereocenters. The summed E-state index contributed by atoms with van der Waals surface area (Å²) in [5.74, 6) is -0.400. The van der Waals surface area contributed by atoms with E-state index in [0.717, 1.165) is 49.1 Å². The van der Waals surface area contributed by atoms with E-state index in [-0.39, 0.29) is 0 Å². The van der Waals surface area contributed by atoms with E-state index in [4.69, 9.17) is 15.9 Å². The Bertz CT molecular complexity index is 1110. The number of likely N-dealkylation sites (tertiary alicyclic amines) is 1. The summed E-state index contributed by atoms with van der Waals surface area (Å²) in [7, 11) is 3.14. The number of piperidine rings is 1. The number of rotatable bonds is 6. The zero-order valence-electron chi connectivity index (χ0n) is 18.0. The Morgan fingerprint density at radius 3 is 2.74 bits per heavy atom. The van der Waals surface area contributed by atoms with Crippen molar-refractivity contribution in [1.82, 2.24) is 9.88 Å². The lowest BCUT2D eigenvalue weighted by atomic mass is 10.0. The average Bonchev–Trinajstić information content (AvgIpc) is 3.24. The van der Waals surface area contributed by atoms with Gasteiger partial charge in [0, 0.05) is 41.8 Å². The van der Waals surface area contributed by atoms with Gasteiger partial charge in [0.1, 0.15) is 0 Å². The van der Waals surface area contributed by atoms with Gasteiger partial charge in [-0.15, -0.1) is 0 Å². The molecule has 2 heterocycles. The lowest BCUT2D eigenvalue weighted by molar-refractivity contribution is 0.0601. The minimum Gasteiger partial charge on any atom is -0.465 e. The maximum Gasteiger partial charge on any atom is 0.337 e. The smallest absolute Gasteiger partial charge is 0.337 e. The molecule has 162 valence electrons. The standard InChI is InChI=1S/C24H29N5O2/c1-27-21-12-15(24(30)31-2)6-7-18(21)23(26)22-13-19-16(4-3-5-20(19)28-22)14-29-10-8-17(25)9-11-29/h3-7,12-13,17,26-28H,8-11,14,25H2,1-2H3. The number of carbonyl (C=O) groups excluding carboxylic acids is 1. The lowest BCUT2D eigenvalue weighted by Gasteiger charge is -2.30. The number of anilines is 1. The minimum atomic E-state index is -0.400. The molecular weight excluding hydrogens is 390 g/mol. The van der Waals surface area contributed by atoms with Gasteiger partial charge in [-0.1, -0.05) is 12.1 Å². The predicted molar refractivity (Wildman–Crippen MR) is 124 cm³/mol. The highest BCUT2D eigenvalue weighted by atomic mass is 16.5. The maximum absolute atomic E-state index is 11.8. The van der Waals surface area contributed by atoms with Crippen LogP contribution in [0.4, 0.5) is 5.69 Å². The fourth-order valence-corrected chi connectivity index (χ4v) is 4.20. The average molecular weight is 420 g/mol. The Hall–Kier alpha value is -3.16. The van der Waals surface area contributed by atoms with Gasteiger partial charge in [-0.25, -0.2) is 4.79 Å². The second-order valence-corrected chi connectivity index (χ2v) is 8.05. The number of H-pyrrole nitrogens is 1. The third-order valence-corrected chi connectivity index (χ3v) is 6.03. The number of nitrogens with two attached hydrogens (primary N) is 1. The summed E-state index contributed by atoms with van der Waals surface area (Å²) in [4.78, 5) is 17.7. The lowest BCUT2D eigenvalue weighted by Crippen LogP contribution is -2.39. The molecule has 0 saturated carbocycles. The van der Waals surface area contributed by atoms with E-state index in [0.29, 0.717) is 28.6 Å². The molecule has 4 rings (SSSR count). The van der Waals surface area contributed by atoms with E-state index in [1.807, 2.05) is 6.07 Å². The highest BCUT2D eigenvalue weighted by Crippen LogP contribution is 2.26. The van der Waals surface area contributed by atoms with Crippen molar-refractivity contribution in [1.29, 1.82) is 5.41 Å². The number of nitrogens with zero attached hydrogens (tertiary/aromatic N) is 1. The van der Waals surface area contributed by atoms with Crippen molar-refractivity contribution in [2.24, 2.45) is 5.73 Å². The number of esters is 1. The summed E-state index contributed by atoms with van der Waals surface area (Å²) in [5.41, 5.74) is 11.3. The largest absolute Gasteiger partial charge is 0.465 e. The Labute approximate surface area is 182 Å². The van der Waals surface area contributed by atoms with Crippen molar-refractivity contribution >= 4 is 28.3 Å². The number of aromatic nitrogens is 1. The Kier molecular flexibility index (Phi) is 6.06. The van der Waals surface area contributed by atoms with E-state index in [9.17, 15) is 4.79 Å². The van der Waals surface area contributed by atoms with Crippen molar-refractivity contribution in [3.63, 3.8) is 0 Å². The van der Waals surface area contributed by atoms with Gasteiger partial charge in [0.2, 0.25) is 0 Å². The molecule has 0 radical (unpaired) electrons. The van der Waals surface area contributed by atoms with Crippen LogP contribution in [0, 0.1) is 5.41 Å². The molecule has 1 fully saturated rings. The zero-order chi connectivity index (χ0) is 22.0. The van der Waals surface area contributed by atoms with Crippen LogP contribution in [0.15, 0.2) is 42.5 Å². The molecule has 0 amide bonds. The molecule has 31 heavy (non-hydrogen) atoms. The number of aromatic amines is 1. The number of methoxy groups -OCH3 is 1. The van der Waals surface area contributed by atoms with Gasteiger partial charge in [-0.05, 0) is 61.8 Å². The first-order valence-corrected chi connectivity index (χ1v) is 10.6. The van der Waals surface area contributed by atoms with Gasteiger partial charge in [0.05, 0.1) is 24.1 Å². The molecule has 2 aromatic carbocycles. The molecule has 1 aliphatic rings. The number of nitrogens with one attached hydrogen (secondary N) is 3. The van der Waals surface area contributed by atoms with Crippen LogP contribution in [-0.2, 0) is 11.3 Å². The van der Waals surface area contributed by atoms with Crippen molar-refractivity contribution in [2.75, 3.05) is 32.6 Å². The highest BCUT2D eigenvalue weighted by molar-refractivity contribution is 6.15. The Morgan fingerprint density at radius 2 is 2.03 bits per heavy atom. The highest BCUT2D eigenvalue weighted by Gasteiger charge is 2.19. The first-order valence-electron chi connectivity index (χ1n) is 10.6. The molecule has 0 spiro atoms. The summed E-state index contributed by atoms with van der Waals surface area (Å²) >= 11 is 0. The predicted octanol–water partition coefficient (Wildman–Crippen LogP) is 3.34. The molecule has 1 aliphatic heterocycles. The second-order valence-electron chi connectivity index (χ2n) is 8.05. The number of fused-ring (bicyclic) bond motifs is 1. The molecule has 7 nitrogen and oxygen atoms in total. The van der Waals surface area contributed by atoms with Crippen molar-refractivity contribution in [2.45, 2.75) is 25.4 Å². The number of ether oxygens (including phenoxy) is 1. The van der Waals surface area contributed by atoms with Crippen LogP contribution < -0.4 is 11.1 Å². The molecule has 7 heteroatoms. The summed E-state index contributed by atoms with van der Waals surface area (Å²) < 4.78 is 4.80. The van der Waals surface area contributed by atoms with E-state index in [1.165, 1.54) is 12.7 Å². The van der Waals surface area contributed by atoms with Crippen LogP contribution in [0.1, 0.15) is 40.0 Å². The molecule has 1 aromatic heterocycles. The zero-order valence-corrected chi connectivity index (χ0v) is 18.0. The molecule has 0 bridgehead atoms. The van der Waals surface area contributed by atoms with E-state index >= 15 is 0 Å². The Morgan fingerprint density at radius 1 is 1.26 bits per heavy atom. The van der Waals surface area contributed by atoms with Crippen LogP contribution in [0.5, 0.6) is 0 Å². The summed E-state index contributed by atoms with van der Waals surface area (Å²) in [6, 6.07) is 13.8. The second kappa shape index (κ2) is 8.91. The van der Waals surface area contributed by atoms with Gasteiger partial charge in [-0.3, -0.25) is 10.3 Å². The monoisotopic (exact) mass is 419 g/mol. The number of benzene rings is 2. The molecule has 0 aliphatic carbocycles. The topological polar surface area (TPSA) is 107 Å². The molecular formula is C24H29N5O2. The fraction of sp³-hybridized carbons (Fsp3) is 0.333. The fourth-order valence-electron chi connectivity index (χ4n) is 4.20. The van der Waals surface area contributed by atoms with Crippen LogP contribution in [-0.4, -0.2) is 54.9 Å². The quantitative estimate of drug-likeness (QED) is 0.362. The van der Waals surface area contributed by atoms with Gasteiger partial charge < -0.3 is 20.8 Å². The van der Waals surface area contributed by atoms with Gasteiger partial charge >= 0.3 is 5.97 Å². The molecule has 1 saturated heterocycles. The van der Waals surface area contributed by atoms with E-state index in [2.05, 4.69) is 33.4 Å². The molecule has 5 N–H and O–H groups in total. The van der Waals surface area contributed by atoms with Crippen molar-refractivity contribution < 1.29 is 9.53 Å². The van der Waals surface area contributed by atoms with Crippen molar-refractivity contribution in [3.05, 3.63) is 64.8 Å². The van der Waals surface area contributed by atoms with Gasteiger partial charge in [0.15, 0.2) is 0 Å². The summed E-state index contributed by atoms with van der Waals surface area (Å²) in [6.45, 7) is 2.91. The summed E-state index contributed by atoms with van der Waals surface area (Å²) in [6.07, 6.45) is 2.07. The van der Waals surface area contributed by atoms with E-state index in [1.54, 1.807) is 25.2 Å². The number of hydrogen-bond donors (Lipinski definition) is 4. The van der Waals surface area contributed by atoms with Crippen LogP contribution in [0.25, 0.3) is 10.9 Å². The van der Waals surface area contributed by atoms with Gasteiger partial charge in [-0.2, -0.15) is 0 Å². The van der Waals surface area contributed by atoms with Gasteiger partial charge in [0.25, 0.3) is 0 Å². The summed E-state index contributed by atoms with van der Waals surface area (Å²) in [5, 5.41) is 13.0. The molecule has 3 aromatic rings. The normalized spacial score (nSPS) is 15.2. The van der Waals surface area contributed by atoms with E-state index < -0.39 is 5.97 Å². The minimum absolute atomic E-state index is 0.318. The third kappa shape index (κ3) is 4.33. The first kappa shape index (κ1) is 21.1. The van der Waals surface area contributed by atoms with Crippen LogP contribution in [0.2, 0.25) is 0 Å². The first-order chi connectivity index (χ1) is 15.0. The van der Waals surface area contributed by atoms with Crippen molar-refractivity contribution in [3.8, 4) is 0 Å². The number of carbonyl (C=O) groups is 1. The Balaban J connectivity index is 1.63. The number of hydrogen-bond acceptors (Lipinski definition) is 6. The van der Waals surface area contributed by atoms with Crippen LogP contribution in [0.3, 0.4) is 0 Å². The maximum atomic E-state index is 11.8. The van der Waals surface area contributed by atoms with Crippen LogP contribution >= 0.6 is 0 Å². The molecule has 0 atom stereocenters.